The third kappa shape index (κ3) is 11.6. The van der Waals surface area contributed by atoms with Crippen LogP contribution in [0.3, 0.4) is 0 Å². The van der Waals surface area contributed by atoms with Gasteiger partial charge in [0.1, 0.15) is 11.9 Å². The molecule has 0 aromatic heterocycles. The number of nitrogens with one attached hydrogen (secondary N) is 1. The summed E-state index contributed by atoms with van der Waals surface area (Å²) >= 11 is 0. The van der Waals surface area contributed by atoms with Crippen molar-refractivity contribution in [1.82, 2.24) is 0 Å². The van der Waals surface area contributed by atoms with Gasteiger partial charge in [0.25, 0.3) is 0 Å². The Kier molecular flexibility index (Phi) is 11.3. The average molecular weight is 248 g/mol. The molecular weight excluding hydrogens is 224 g/mol. The molecule has 1 atom stereocenters. The first-order valence-electron chi connectivity index (χ1n) is 5.78. The Labute approximate surface area is 103 Å². The molecule has 0 bridgehead atoms. The zero-order chi connectivity index (χ0) is 12.9. The minimum absolute atomic E-state index is 0.0338. The molecule has 0 spiro atoms. The van der Waals surface area contributed by atoms with Crippen LogP contribution in [0, 0.1) is 5.41 Å². The highest BCUT2D eigenvalue weighted by molar-refractivity contribution is 5.81. The van der Waals surface area contributed by atoms with Crippen molar-refractivity contribution in [2.24, 2.45) is 5.73 Å². The maximum Gasteiger partial charge on any atom is 0.120 e. The van der Waals surface area contributed by atoms with Crippen LogP contribution in [0.5, 0.6) is 0 Å². The van der Waals surface area contributed by atoms with Crippen LogP contribution in [0.1, 0.15) is 13.3 Å². The molecule has 0 saturated heterocycles. The molecule has 6 heteroatoms. The van der Waals surface area contributed by atoms with Gasteiger partial charge >= 0.3 is 0 Å². The number of amidine groups is 1. The lowest BCUT2D eigenvalue weighted by Crippen LogP contribution is -2.28. The van der Waals surface area contributed by atoms with E-state index in [4.69, 9.17) is 30.1 Å². The molecule has 0 rings (SSSR count). The van der Waals surface area contributed by atoms with E-state index in [1.165, 1.54) is 0 Å². The molecule has 6 nitrogen and oxygen atoms in total. The fraction of sp³-hybridized carbons (Fsp3) is 0.909. The van der Waals surface area contributed by atoms with Crippen LogP contribution in [-0.4, -0.2) is 58.7 Å². The Morgan fingerprint density at radius 3 is 2.24 bits per heavy atom. The standard InChI is InChI=1S/C11H24N2O4/c1-10(11(12)13)17-9-8-16-7-6-15-5-3-4-14-2/h10H,3-9H2,1-2H3,(H3,12,13). The van der Waals surface area contributed by atoms with Crippen LogP contribution in [0.4, 0.5) is 0 Å². The second-order valence-corrected chi connectivity index (χ2v) is 3.54. The van der Waals surface area contributed by atoms with E-state index in [0.717, 1.165) is 13.0 Å². The first-order valence-corrected chi connectivity index (χ1v) is 5.78. The Morgan fingerprint density at radius 2 is 1.65 bits per heavy atom. The first-order chi connectivity index (χ1) is 8.18. The molecule has 0 aromatic carbocycles. The SMILES string of the molecule is COCCCOCCOCCOC(C)C(=N)N. The zero-order valence-corrected chi connectivity index (χ0v) is 10.7. The van der Waals surface area contributed by atoms with Gasteiger partial charge in [0.2, 0.25) is 0 Å². The van der Waals surface area contributed by atoms with Gasteiger partial charge in [-0.15, -0.1) is 0 Å². The molecule has 102 valence electrons. The van der Waals surface area contributed by atoms with Crippen molar-refractivity contribution >= 4 is 5.84 Å². The lowest BCUT2D eigenvalue weighted by Gasteiger charge is -2.11. The van der Waals surface area contributed by atoms with Crippen LogP contribution in [0.25, 0.3) is 0 Å². The van der Waals surface area contributed by atoms with E-state index in [-0.39, 0.29) is 11.9 Å². The summed E-state index contributed by atoms with van der Waals surface area (Å²) in [6.45, 7) is 5.19. The third-order valence-corrected chi connectivity index (χ3v) is 2.04. The predicted octanol–water partition coefficient (Wildman–Crippen LogP) is 0.397. The van der Waals surface area contributed by atoms with Crippen molar-refractivity contribution in [2.45, 2.75) is 19.4 Å². The molecule has 0 aromatic rings. The first kappa shape index (κ1) is 16.3. The topological polar surface area (TPSA) is 86.8 Å². The summed E-state index contributed by atoms with van der Waals surface area (Å²) in [4.78, 5) is 0. The number of hydrogen-bond acceptors (Lipinski definition) is 5. The van der Waals surface area contributed by atoms with Gasteiger partial charge in [-0.2, -0.15) is 0 Å². The Morgan fingerprint density at radius 1 is 1.06 bits per heavy atom. The van der Waals surface area contributed by atoms with Gasteiger partial charge in [-0.1, -0.05) is 0 Å². The molecule has 0 aliphatic carbocycles. The molecule has 3 N–H and O–H groups in total. The van der Waals surface area contributed by atoms with Crippen LogP contribution < -0.4 is 5.73 Å². The summed E-state index contributed by atoms with van der Waals surface area (Å²) in [5, 5.41) is 7.11. The highest BCUT2D eigenvalue weighted by Crippen LogP contribution is 1.89. The van der Waals surface area contributed by atoms with Crippen molar-refractivity contribution < 1.29 is 18.9 Å². The highest BCUT2D eigenvalue weighted by Gasteiger charge is 2.03. The van der Waals surface area contributed by atoms with E-state index in [9.17, 15) is 0 Å². The molecular formula is C11H24N2O4. The van der Waals surface area contributed by atoms with Crippen LogP contribution in [-0.2, 0) is 18.9 Å². The molecule has 17 heavy (non-hydrogen) atoms. The number of nitrogens with two attached hydrogens (primary N) is 1. The van der Waals surface area contributed by atoms with E-state index >= 15 is 0 Å². The summed E-state index contributed by atoms with van der Waals surface area (Å²) in [5.74, 6) is 0.0338. The molecule has 1 unspecified atom stereocenters. The monoisotopic (exact) mass is 248 g/mol. The maximum absolute atomic E-state index is 7.11. The van der Waals surface area contributed by atoms with Crippen molar-refractivity contribution in [2.75, 3.05) is 46.8 Å². The van der Waals surface area contributed by atoms with E-state index in [2.05, 4.69) is 0 Å². The van der Waals surface area contributed by atoms with Gasteiger partial charge in [-0.05, 0) is 13.3 Å². The quantitative estimate of drug-likeness (QED) is 0.296. The second-order valence-electron chi connectivity index (χ2n) is 3.54. The Balaban J connectivity index is 3.06. The van der Waals surface area contributed by atoms with Gasteiger partial charge < -0.3 is 24.7 Å². The van der Waals surface area contributed by atoms with Crippen molar-refractivity contribution in [3.8, 4) is 0 Å². The zero-order valence-electron chi connectivity index (χ0n) is 10.7. The minimum atomic E-state index is -0.344. The van der Waals surface area contributed by atoms with Crippen molar-refractivity contribution in [1.29, 1.82) is 5.41 Å². The van der Waals surface area contributed by atoms with Crippen LogP contribution >= 0.6 is 0 Å². The molecule has 0 heterocycles. The van der Waals surface area contributed by atoms with E-state index in [1.807, 2.05) is 0 Å². The molecule has 0 saturated carbocycles. The largest absolute Gasteiger partial charge is 0.385 e. The number of rotatable bonds is 12. The summed E-state index contributed by atoms with van der Waals surface area (Å²) < 4.78 is 20.7. The molecule has 0 radical (unpaired) electrons. The van der Waals surface area contributed by atoms with E-state index < -0.39 is 0 Å². The Bertz CT molecular complexity index is 190. The fourth-order valence-electron chi connectivity index (χ4n) is 1.00. The summed E-state index contributed by atoms with van der Waals surface area (Å²) in [6, 6.07) is 0. The molecule has 0 aliphatic rings. The van der Waals surface area contributed by atoms with Crippen LogP contribution in [0.2, 0.25) is 0 Å². The minimum Gasteiger partial charge on any atom is -0.385 e. The second kappa shape index (κ2) is 11.8. The van der Waals surface area contributed by atoms with Gasteiger partial charge in [-0.3, -0.25) is 5.41 Å². The Hall–Kier alpha value is -0.690. The lowest BCUT2D eigenvalue weighted by atomic mass is 10.4. The van der Waals surface area contributed by atoms with E-state index in [0.29, 0.717) is 33.0 Å². The number of ether oxygens (including phenoxy) is 4. The summed E-state index contributed by atoms with van der Waals surface area (Å²) in [6.07, 6.45) is 0.555. The fourth-order valence-corrected chi connectivity index (χ4v) is 1.00. The van der Waals surface area contributed by atoms with Gasteiger partial charge in [0, 0.05) is 20.3 Å². The van der Waals surface area contributed by atoms with Gasteiger partial charge in [0.05, 0.1) is 26.4 Å². The van der Waals surface area contributed by atoms with Crippen molar-refractivity contribution in [3.05, 3.63) is 0 Å². The van der Waals surface area contributed by atoms with Gasteiger partial charge in [0.15, 0.2) is 0 Å². The number of methoxy groups -OCH3 is 1. The molecule has 0 aliphatic heterocycles. The lowest BCUT2D eigenvalue weighted by molar-refractivity contribution is 0.00519. The van der Waals surface area contributed by atoms with Crippen molar-refractivity contribution in [3.63, 3.8) is 0 Å². The average Bonchev–Trinajstić information content (AvgIpc) is 2.31. The summed E-state index contributed by atoms with van der Waals surface area (Å²) in [5.41, 5.74) is 5.24. The highest BCUT2D eigenvalue weighted by atomic mass is 16.5. The van der Waals surface area contributed by atoms with E-state index in [1.54, 1.807) is 14.0 Å². The van der Waals surface area contributed by atoms with Crippen LogP contribution in [0.15, 0.2) is 0 Å². The molecule has 0 fully saturated rings. The third-order valence-electron chi connectivity index (χ3n) is 2.04. The summed E-state index contributed by atoms with van der Waals surface area (Å²) in [7, 11) is 1.67. The predicted molar refractivity (Wildman–Crippen MR) is 65.5 cm³/mol. The maximum atomic E-state index is 7.11. The molecule has 0 amide bonds. The normalized spacial score (nSPS) is 12.6. The smallest absolute Gasteiger partial charge is 0.120 e. The van der Waals surface area contributed by atoms with Gasteiger partial charge in [-0.25, -0.2) is 0 Å². The number of hydrogen-bond donors (Lipinski definition) is 2.